The van der Waals surface area contributed by atoms with Crippen molar-refractivity contribution in [2.45, 2.75) is 26.9 Å². The van der Waals surface area contributed by atoms with E-state index in [1.165, 1.54) is 15.7 Å². The third-order valence-electron chi connectivity index (χ3n) is 5.01. The molecule has 33 heavy (non-hydrogen) atoms. The number of esters is 1. The summed E-state index contributed by atoms with van der Waals surface area (Å²) in [5.41, 5.74) is 2.20. The number of hydrogen-bond donors (Lipinski definition) is 0. The maximum absolute atomic E-state index is 13.5. The van der Waals surface area contributed by atoms with E-state index in [1.54, 1.807) is 32.0 Å². The second-order valence-electron chi connectivity index (χ2n) is 7.27. The SMILES string of the molecule is CCOC(=O)c1sc(N(Cc2ccccc2)C(=O)Cn2c(=O)cnc3ccccc32)nc1C. The molecule has 0 spiro atoms. The molecule has 2 aromatic heterocycles. The van der Waals surface area contributed by atoms with Gasteiger partial charge in [0.25, 0.3) is 5.56 Å². The van der Waals surface area contributed by atoms with Crippen LogP contribution in [0, 0.1) is 6.92 Å². The van der Waals surface area contributed by atoms with E-state index in [-0.39, 0.29) is 31.2 Å². The number of anilines is 1. The summed E-state index contributed by atoms with van der Waals surface area (Å²) in [6, 6.07) is 16.6. The molecule has 0 atom stereocenters. The molecule has 8 nitrogen and oxygen atoms in total. The van der Waals surface area contributed by atoms with Crippen molar-refractivity contribution in [3.05, 3.63) is 87.3 Å². The molecule has 4 aromatic rings. The van der Waals surface area contributed by atoms with Gasteiger partial charge in [-0.3, -0.25) is 19.1 Å². The van der Waals surface area contributed by atoms with Crippen LogP contribution in [-0.2, 0) is 22.6 Å². The van der Waals surface area contributed by atoms with Crippen LogP contribution in [0.3, 0.4) is 0 Å². The molecule has 0 bridgehead atoms. The molecule has 0 N–H and O–H groups in total. The van der Waals surface area contributed by atoms with Crippen LogP contribution in [0.5, 0.6) is 0 Å². The van der Waals surface area contributed by atoms with Crippen LogP contribution >= 0.6 is 11.3 Å². The van der Waals surface area contributed by atoms with Gasteiger partial charge in [0.1, 0.15) is 11.4 Å². The highest BCUT2D eigenvalue weighted by molar-refractivity contribution is 7.17. The number of hydrogen-bond acceptors (Lipinski definition) is 7. The summed E-state index contributed by atoms with van der Waals surface area (Å²) in [7, 11) is 0. The van der Waals surface area contributed by atoms with Gasteiger partial charge in [0.15, 0.2) is 5.13 Å². The number of nitrogens with zero attached hydrogens (tertiary/aromatic N) is 4. The van der Waals surface area contributed by atoms with Gasteiger partial charge < -0.3 is 4.74 Å². The maximum atomic E-state index is 13.5. The minimum atomic E-state index is -0.470. The van der Waals surface area contributed by atoms with Crippen molar-refractivity contribution in [2.24, 2.45) is 0 Å². The molecule has 2 aromatic carbocycles. The summed E-state index contributed by atoms with van der Waals surface area (Å²) in [5.74, 6) is -0.802. The van der Waals surface area contributed by atoms with Gasteiger partial charge in [-0.15, -0.1) is 0 Å². The van der Waals surface area contributed by atoms with Gasteiger partial charge in [-0.25, -0.2) is 14.8 Å². The van der Waals surface area contributed by atoms with Crippen LogP contribution in [0.1, 0.15) is 27.9 Å². The average molecular weight is 463 g/mol. The fourth-order valence-electron chi connectivity index (χ4n) is 3.41. The van der Waals surface area contributed by atoms with Gasteiger partial charge >= 0.3 is 5.97 Å². The van der Waals surface area contributed by atoms with E-state index in [9.17, 15) is 14.4 Å². The predicted octanol–water partition coefficient (Wildman–Crippen LogP) is 3.57. The Bertz CT molecular complexity index is 1360. The Morgan fingerprint density at radius 1 is 1.09 bits per heavy atom. The van der Waals surface area contributed by atoms with E-state index < -0.39 is 5.97 Å². The van der Waals surface area contributed by atoms with Crippen LogP contribution in [-0.4, -0.2) is 33.0 Å². The summed E-state index contributed by atoms with van der Waals surface area (Å²) in [6.45, 7) is 3.74. The van der Waals surface area contributed by atoms with Crippen LogP contribution < -0.4 is 10.5 Å². The monoisotopic (exact) mass is 462 g/mol. The van der Waals surface area contributed by atoms with Crippen molar-refractivity contribution >= 4 is 39.4 Å². The number of ether oxygens (including phenoxy) is 1. The van der Waals surface area contributed by atoms with E-state index in [0.29, 0.717) is 26.7 Å². The van der Waals surface area contributed by atoms with Crippen molar-refractivity contribution in [1.82, 2.24) is 14.5 Å². The van der Waals surface area contributed by atoms with Crippen molar-refractivity contribution in [3.8, 4) is 0 Å². The number of thiazole rings is 1. The second-order valence-corrected chi connectivity index (χ2v) is 8.25. The summed E-state index contributed by atoms with van der Waals surface area (Å²) >= 11 is 1.10. The molecule has 0 unspecified atom stereocenters. The minimum Gasteiger partial charge on any atom is -0.462 e. The molecule has 0 aliphatic rings. The number of amides is 1. The topological polar surface area (TPSA) is 94.4 Å². The molecule has 0 radical (unpaired) electrons. The first-order valence-corrected chi connectivity index (χ1v) is 11.2. The van der Waals surface area contributed by atoms with Crippen LogP contribution in [0.2, 0.25) is 0 Å². The number of fused-ring (bicyclic) bond motifs is 1. The summed E-state index contributed by atoms with van der Waals surface area (Å²) in [4.78, 5) is 48.9. The standard InChI is InChI=1S/C24H22N4O4S/c1-3-32-23(31)22-16(2)26-24(33-22)28(14-17-9-5-4-6-10-17)21(30)15-27-19-12-8-7-11-18(19)25-13-20(27)29/h4-13H,3,14-15H2,1-2H3. The maximum Gasteiger partial charge on any atom is 0.350 e. The van der Waals surface area contributed by atoms with Crippen molar-refractivity contribution < 1.29 is 14.3 Å². The Balaban J connectivity index is 1.72. The van der Waals surface area contributed by atoms with E-state index in [4.69, 9.17) is 4.74 Å². The van der Waals surface area contributed by atoms with E-state index in [0.717, 1.165) is 16.9 Å². The highest BCUT2D eigenvalue weighted by Crippen LogP contribution is 2.28. The van der Waals surface area contributed by atoms with Crippen molar-refractivity contribution in [1.29, 1.82) is 0 Å². The number of rotatable bonds is 7. The lowest BCUT2D eigenvalue weighted by atomic mass is 10.2. The van der Waals surface area contributed by atoms with E-state index in [2.05, 4.69) is 9.97 Å². The molecule has 1 amide bonds. The number of carbonyl (C=O) groups excluding carboxylic acids is 2. The average Bonchev–Trinajstić information content (AvgIpc) is 3.21. The van der Waals surface area contributed by atoms with Crippen LogP contribution in [0.4, 0.5) is 5.13 Å². The first-order valence-electron chi connectivity index (χ1n) is 10.4. The highest BCUT2D eigenvalue weighted by Gasteiger charge is 2.25. The third kappa shape index (κ3) is 4.83. The predicted molar refractivity (Wildman–Crippen MR) is 126 cm³/mol. The van der Waals surface area contributed by atoms with Gasteiger partial charge in [0.05, 0.1) is 36.1 Å². The van der Waals surface area contributed by atoms with Gasteiger partial charge in [-0.2, -0.15) is 0 Å². The fourth-order valence-corrected chi connectivity index (χ4v) is 4.39. The first kappa shape index (κ1) is 22.3. The Kier molecular flexibility index (Phi) is 6.60. The minimum absolute atomic E-state index is 0.192. The Morgan fingerprint density at radius 3 is 2.58 bits per heavy atom. The number of para-hydroxylation sites is 2. The molecule has 0 saturated heterocycles. The molecular weight excluding hydrogens is 440 g/mol. The normalized spacial score (nSPS) is 10.8. The van der Waals surface area contributed by atoms with Crippen LogP contribution in [0.15, 0.2) is 65.6 Å². The molecule has 0 fully saturated rings. The van der Waals surface area contributed by atoms with Crippen molar-refractivity contribution in [2.75, 3.05) is 11.5 Å². The van der Waals surface area contributed by atoms with Crippen molar-refractivity contribution in [3.63, 3.8) is 0 Å². The molecule has 168 valence electrons. The molecule has 2 heterocycles. The van der Waals surface area contributed by atoms with Gasteiger partial charge in [-0.05, 0) is 31.5 Å². The molecule has 9 heteroatoms. The molecular formula is C24H22N4O4S. The molecule has 0 saturated carbocycles. The van der Waals surface area contributed by atoms with Gasteiger partial charge in [-0.1, -0.05) is 53.8 Å². The smallest absolute Gasteiger partial charge is 0.350 e. The fraction of sp³-hybridized carbons (Fsp3) is 0.208. The number of benzene rings is 2. The highest BCUT2D eigenvalue weighted by atomic mass is 32.1. The zero-order valence-electron chi connectivity index (χ0n) is 18.2. The Morgan fingerprint density at radius 2 is 1.82 bits per heavy atom. The van der Waals surface area contributed by atoms with Gasteiger partial charge in [0, 0.05) is 0 Å². The molecule has 0 aliphatic heterocycles. The summed E-state index contributed by atoms with van der Waals surface area (Å²) < 4.78 is 6.51. The third-order valence-corrected chi connectivity index (χ3v) is 6.17. The quantitative estimate of drug-likeness (QED) is 0.390. The second kappa shape index (κ2) is 9.74. The molecule has 4 rings (SSSR count). The number of aromatic nitrogens is 3. The number of carbonyl (C=O) groups is 2. The van der Waals surface area contributed by atoms with Crippen LogP contribution in [0.25, 0.3) is 11.0 Å². The number of aryl methyl sites for hydroxylation is 1. The van der Waals surface area contributed by atoms with Gasteiger partial charge in [0.2, 0.25) is 5.91 Å². The van der Waals surface area contributed by atoms with E-state index >= 15 is 0 Å². The lowest BCUT2D eigenvalue weighted by Crippen LogP contribution is -2.36. The zero-order chi connectivity index (χ0) is 23.4. The lowest BCUT2D eigenvalue weighted by Gasteiger charge is -2.21. The zero-order valence-corrected chi connectivity index (χ0v) is 19.0. The largest absolute Gasteiger partial charge is 0.462 e. The Hall–Kier alpha value is -3.85. The summed E-state index contributed by atoms with van der Waals surface area (Å²) in [5, 5.41) is 0.371. The molecule has 0 aliphatic carbocycles. The first-order chi connectivity index (χ1) is 16.0. The Labute approximate surface area is 194 Å². The lowest BCUT2D eigenvalue weighted by molar-refractivity contribution is -0.119. The van der Waals surface area contributed by atoms with E-state index in [1.807, 2.05) is 36.4 Å². The summed E-state index contributed by atoms with van der Waals surface area (Å²) in [6.07, 6.45) is 1.21.